The highest BCUT2D eigenvalue weighted by Crippen LogP contribution is 2.56. The molecule has 7 nitrogen and oxygen atoms in total. The zero-order valence-electron chi connectivity index (χ0n) is 22.9. The van der Waals surface area contributed by atoms with Crippen molar-refractivity contribution < 1.29 is 14.3 Å². The summed E-state index contributed by atoms with van der Waals surface area (Å²) in [5.74, 6) is 0.222. The molecule has 37 heavy (non-hydrogen) atoms. The fourth-order valence-corrected chi connectivity index (χ4v) is 7.39. The Hall–Kier alpha value is -2.64. The number of allylic oxidation sites excluding steroid dienone is 2. The molecule has 0 radical (unpaired) electrons. The summed E-state index contributed by atoms with van der Waals surface area (Å²) in [6.45, 7) is 14.8. The normalized spacial score (nSPS) is 28.9. The molecule has 6 rings (SSSR count). The minimum Gasteiger partial charge on any atom is -0.381 e. The van der Waals surface area contributed by atoms with Crippen LogP contribution in [0.25, 0.3) is 0 Å². The Morgan fingerprint density at radius 1 is 1.14 bits per heavy atom. The van der Waals surface area contributed by atoms with Crippen molar-refractivity contribution in [3.05, 3.63) is 47.3 Å². The number of nitrogens with one attached hydrogen (secondary N) is 1. The Balaban J connectivity index is 0.00000137. The summed E-state index contributed by atoms with van der Waals surface area (Å²) in [7, 11) is 2.21. The molecule has 7 heteroatoms. The minimum atomic E-state index is -0.151. The first-order chi connectivity index (χ1) is 17.9. The van der Waals surface area contributed by atoms with Crippen LogP contribution in [0.1, 0.15) is 81.3 Å². The molecule has 3 fully saturated rings. The van der Waals surface area contributed by atoms with Gasteiger partial charge in [0.15, 0.2) is 0 Å². The van der Waals surface area contributed by atoms with Crippen molar-refractivity contribution >= 4 is 23.2 Å². The lowest BCUT2D eigenvalue weighted by atomic mass is 9.66. The van der Waals surface area contributed by atoms with E-state index in [2.05, 4.69) is 39.7 Å². The number of likely N-dealkylation sites (tertiary alicyclic amines) is 1. The van der Waals surface area contributed by atoms with E-state index in [0.29, 0.717) is 24.6 Å². The molecule has 2 amide bonds. The largest absolute Gasteiger partial charge is 0.381 e. The van der Waals surface area contributed by atoms with Crippen molar-refractivity contribution in [3.63, 3.8) is 0 Å². The molecule has 5 aliphatic heterocycles. The first-order valence-electron chi connectivity index (χ1n) is 14.2. The summed E-state index contributed by atoms with van der Waals surface area (Å²) in [6, 6.07) is 4.22. The molecule has 0 bridgehead atoms. The molecule has 2 atom stereocenters. The second kappa shape index (κ2) is 10.3. The summed E-state index contributed by atoms with van der Waals surface area (Å²) in [6.07, 6.45) is 8.19. The van der Waals surface area contributed by atoms with Crippen LogP contribution in [0, 0.1) is 11.3 Å². The van der Waals surface area contributed by atoms with Crippen LogP contribution < -0.4 is 10.2 Å². The van der Waals surface area contributed by atoms with Crippen LogP contribution in [0.2, 0.25) is 0 Å². The Kier molecular flexibility index (Phi) is 7.20. The first kappa shape index (κ1) is 26.0. The number of hydrogen-bond donors (Lipinski definition) is 1. The topological polar surface area (TPSA) is 65.1 Å². The molecule has 1 spiro atoms. The molecule has 1 N–H and O–H groups in total. The predicted octanol–water partition coefficient (Wildman–Crippen LogP) is 5.32. The molecular weight excluding hydrogens is 464 g/mol. The van der Waals surface area contributed by atoms with E-state index in [0.717, 1.165) is 74.2 Å². The fourth-order valence-electron chi connectivity index (χ4n) is 7.39. The van der Waals surface area contributed by atoms with Crippen molar-refractivity contribution in [1.29, 1.82) is 0 Å². The highest BCUT2D eigenvalue weighted by molar-refractivity contribution is 6.14. The van der Waals surface area contributed by atoms with Crippen LogP contribution in [0.3, 0.4) is 0 Å². The highest BCUT2D eigenvalue weighted by Gasteiger charge is 2.53. The van der Waals surface area contributed by atoms with Crippen LogP contribution in [-0.4, -0.2) is 61.5 Å². The van der Waals surface area contributed by atoms with E-state index in [4.69, 9.17) is 4.74 Å². The third-order valence-corrected chi connectivity index (χ3v) is 8.93. The lowest BCUT2D eigenvalue weighted by Gasteiger charge is -2.51. The predicted molar refractivity (Wildman–Crippen MR) is 148 cm³/mol. The van der Waals surface area contributed by atoms with E-state index < -0.39 is 0 Å². The molecular formula is C30H42N4O3. The van der Waals surface area contributed by atoms with Gasteiger partial charge in [0.2, 0.25) is 0 Å². The second-order valence-corrected chi connectivity index (χ2v) is 11.0. The first-order valence-corrected chi connectivity index (χ1v) is 14.2. The molecule has 1 aromatic rings. The standard InChI is InChI=1S/C28H36N4O3.C2H6/c1-4-23-26(33)29-22-15-21-20(16-24(22)32(23)18(2)19-7-13-35-14-8-19)25-28(9-5-11-30(3)17-28)10-6-12-31(25)27(21)34;1-2/h4,15-16,19,25H,2,5-14,17H2,1,3H3,(H,29,33);1-2H3/b23-4-;. The summed E-state index contributed by atoms with van der Waals surface area (Å²) in [5, 5.41) is 3.06. The van der Waals surface area contributed by atoms with Crippen molar-refractivity contribution in [1.82, 2.24) is 9.80 Å². The Morgan fingerprint density at radius 2 is 1.84 bits per heavy atom. The molecule has 0 aromatic heterocycles. The van der Waals surface area contributed by atoms with Gasteiger partial charge in [-0.25, -0.2) is 0 Å². The van der Waals surface area contributed by atoms with Gasteiger partial charge in [-0.15, -0.1) is 0 Å². The van der Waals surface area contributed by atoms with Gasteiger partial charge in [0.25, 0.3) is 11.8 Å². The maximum atomic E-state index is 13.6. The maximum absolute atomic E-state index is 13.6. The third-order valence-electron chi connectivity index (χ3n) is 8.93. The number of rotatable bonds is 2. The molecule has 5 heterocycles. The molecule has 2 unspecified atom stereocenters. The number of carbonyl (C=O) groups is 2. The number of nitrogens with zero attached hydrogens (tertiary/aromatic N) is 3. The zero-order valence-corrected chi connectivity index (χ0v) is 22.9. The number of carbonyl (C=O) groups excluding carboxylic acids is 2. The van der Waals surface area contributed by atoms with Gasteiger partial charge in [-0.05, 0) is 76.7 Å². The average molecular weight is 507 g/mol. The summed E-state index contributed by atoms with van der Waals surface area (Å²) < 4.78 is 5.58. The number of fused-ring (bicyclic) bond motifs is 5. The number of anilines is 2. The quantitative estimate of drug-likeness (QED) is 0.550. The lowest BCUT2D eigenvalue weighted by molar-refractivity contribution is -0.113. The lowest BCUT2D eigenvalue weighted by Crippen LogP contribution is -2.52. The van der Waals surface area contributed by atoms with Crippen molar-refractivity contribution in [2.24, 2.45) is 11.3 Å². The highest BCUT2D eigenvalue weighted by atomic mass is 16.5. The van der Waals surface area contributed by atoms with E-state index in [-0.39, 0.29) is 29.2 Å². The van der Waals surface area contributed by atoms with Crippen LogP contribution in [0.15, 0.2) is 36.2 Å². The van der Waals surface area contributed by atoms with Gasteiger partial charge < -0.3 is 24.8 Å². The van der Waals surface area contributed by atoms with E-state index in [1.165, 1.54) is 6.42 Å². The van der Waals surface area contributed by atoms with Crippen LogP contribution >= 0.6 is 0 Å². The molecule has 0 aliphatic carbocycles. The van der Waals surface area contributed by atoms with Crippen LogP contribution in [0.4, 0.5) is 11.4 Å². The van der Waals surface area contributed by atoms with Gasteiger partial charge in [0.05, 0.1) is 17.4 Å². The summed E-state index contributed by atoms with van der Waals surface area (Å²) in [5.41, 5.74) is 5.15. The van der Waals surface area contributed by atoms with Gasteiger partial charge in [-0.2, -0.15) is 0 Å². The molecule has 0 saturated carbocycles. The van der Waals surface area contributed by atoms with Crippen LogP contribution in [-0.2, 0) is 9.53 Å². The third kappa shape index (κ3) is 4.20. The Labute approximate surface area is 221 Å². The zero-order chi connectivity index (χ0) is 26.3. The van der Waals surface area contributed by atoms with E-state index in [1.807, 2.05) is 32.9 Å². The molecule has 5 aliphatic rings. The number of piperidine rings is 2. The van der Waals surface area contributed by atoms with E-state index in [9.17, 15) is 9.59 Å². The number of hydrogen-bond acceptors (Lipinski definition) is 5. The molecule has 200 valence electrons. The smallest absolute Gasteiger partial charge is 0.272 e. The summed E-state index contributed by atoms with van der Waals surface area (Å²) >= 11 is 0. The van der Waals surface area contributed by atoms with Gasteiger partial charge in [0, 0.05) is 48.9 Å². The van der Waals surface area contributed by atoms with Crippen LogP contribution in [0.5, 0.6) is 0 Å². The van der Waals surface area contributed by atoms with Crippen molar-refractivity contribution in [2.45, 2.75) is 65.3 Å². The minimum absolute atomic E-state index is 0.0876. The van der Waals surface area contributed by atoms with Gasteiger partial charge >= 0.3 is 0 Å². The monoisotopic (exact) mass is 506 g/mol. The molecule has 1 aromatic carbocycles. The Bertz CT molecular complexity index is 1120. The van der Waals surface area contributed by atoms with E-state index in [1.54, 1.807) is 0 Å². The van der Waals surface area contributed by atoms with Crippen molar-refractivity contribution in [2.75, 3.05) is 50.1 Å². The van der Waals surface area contributed by atoms with E-state index >= 15 is 0 Å². The van der Waals surface area contributed by atoms with Gasteiger partial charge in [0.1, 0.15) is 5.70 Å². The number of amides is 2. The number of benzene rings is 1. The fraction of sp³-hybridized carbons (Fsp3) is 0.600. The van der Waals surface area contributed by atoms with Crippen molar-refractivity contribution in [3.8, 4) is 0 Å². The van der Waals surface area contributed by atoms with Gasteiger partial charge in [-0.3, -0.25) is 9.59 Å². The second-order valence-electron chi connectivity index (χ2n) is 11.0. The Morgan fingerprint density at radius 3 is 2.51 bits per heavy atom. The average Bonchev–Trinajstić information content (AvgIpc) is 3.20. The SMILES string of the molecule is C=C(C1CCOCC1)N1/C(=C\C)C(=O)Nc2cc3c(cc21)C1N(CCCC12CCCN(C)C2)C3=O.CC. The molecule has 3 saturated heterocycles. The summed E-state index contributed by atoms with van der Waals surface area (Å²) in [4.78, 5) is 33.4. The maximum Gasteiger partial charge on any atom is 0.272 e. The van der Waals surface area contributed by atoms with Gasteiger partial charge in [-0.1, -0.05) is 26.5 Å². The number of ether oxygens (including phenoxy) is 1.